The van der Waals surface area contributed by atoms with E-state index in [1.165, 1.54) is 35.7 Å². The number of rotatable bonds is 4. The molecule has 2 aromatic rings. The molecule has 20 heavy (non-hydrogen) atoms. The van der Waals surface area contributed by atoms with E-state index in [1.807, 2.05) is 0 Å². The normalized spacial score (nSPS) is 15.4. The van der Waals surface area contributed by atoms with E-state index in [-0.39, 0.29) is 0 Å². The van der Waals surface area contributed by atoms with Gasteiger partial charge in [-0.15, -0.1) is 0 Å². The van der Waals surface area contributed by atoms with Crippen molar-refractivity contribution < 1.29 is 0 Å². The van der Waals surface area contributed by atoms with Crippen LogP contribution in [0.25, 0.3) is 0 Å². The third-order valence-corrected chi connectivity index (χ3v) is 6.40. The van der Waals surface area contributed by atoms with Gasteiger partial charge in [0.05, 0.1) is 0 Å². The minimum absolute atomic E-state index is 0.523. The van der Waals surface area contributed by atoms with Crippen molar-refractivity contribution in [2.45, 2.75) is 24.7 Å². The Bertz CT molecular complexity index is 529. The zero-order valence-electron chi connectivity index (χ0n) is 12.1. The molecule has 2 heteroatoms. The fraction of sp³-hybridized carbons (Fsp3) is 0.333. The average Bonchev–Trinajstić information content (AvgIpc) is 3.04. The van der Waals surface area contributed by atoms with Crippen molar-refractivity contribution in [3.8, 4) is 0 Å². The molecule has 0 saturated carbocycles. The molecule has 0 aliphatic carbocycles. The zero-order chi connectivity index (χ0) is 13.8. The summed E-state index contributed by atoms with van der Waals surface area (Å²) < 4.78 is 0. The van der Waals surface area contributed by atoms with Crippen molar-refractivity contribution in [1.82, 2.24) is 0 Å². The fourth-order valence-electron chi connectivity index (χ4n) is 2.83. The molecule has 3 rings (SSSR count). The first-order chi connectivity index (χ1) is 9.88. The lowest BCUT2D eigenvalue weighted by Gasteiger charge is -2.23. The number of anilines is 2. The number of hydrogen-bond donors (Lipinski definition) is 0. The molecule has 0 radical (unpaired) electrons. The summed E-state index contributed by atoms with van der Waals surface area (Å²) in [6.07, 6.45) is 2.83. The number of benzene rings is 2. The number of para-hydroxylation sites is 1. The van der Waals surface area contributed by atoms with Crippen LogP contribution in [-0.4, -0.2) is 18.1 Å². The SMILES string of the molecule is CCN(c1ccccc1)c1ccc([S+]2CCCC2)cc1. The van der Waals surface area contributed by atoms with Crippen LogP contribution in [0.15, 0.2) is 59.5 Å². The monoisotopic (exact) mass is 284 g/mol. The summed E-state index contributed by atoms with van der Waals surface area (Å²) in [4.78, 5) is 3.91. The molecular formula is C18H22NS+. The van der Waals surface area contributed by atoms with Crippen molar-refractivity contribution in [3.63, 3.8) is 0 Å². The van der Waals surface area contributed by atoms with Gasteiger partial charge < -0.3 is 4.90 Å². The Morgan fingerprint density at radius 3 is 2.05 bits per heavy atom. The van der Waals surface area contributed by atoms with E-state index < -0.39 is 0 Å². The van der Waals surface area contributed by atoms with Crippen LogP contribution in [0.4, 0.5) is 11.4 Å². The first kappa shape index (κ1) is 13.6. The second kappa shape index (κ2) is 6.36. The van der Waals surface area contributed by atoms with Crippen molar-refractivity contribution in [2.24, 2.45) is 0 Å². The van der Waals surface area contributed by atoms with E-state index in [1.54, 1.807) is 4.90 Å². The lowest BCUT2D eigenvalue weighted by molar-refractivity contribution is 0.949. The van der Waals surface area contributed by atoms with Crippen molar-refractivity contribution in [2.75, 3.05) is 23.0 Å². The van der Waals surface area contributed by atoms with E-state index in [4.69, 9.17) is 0 Å². The highest BCUT2D eigenvalue weighted by Crippen LogP contribution is 2.28. The summed E-state index contributed by atoms with van der Waals surface area (Å²) in [6.45, 7) is 3.20. The highest BCUT2D eigenvalue weighted by atomic mass is 32.2. The Balaban J connectivity index is 1.82. The topological polar surface area (TPSA) is 3.24 Å². The van der Waals surface area contributed by atoms with Gasteiger partial charge >= 0.3 is 0 Å². The Hall–Kier alpha value is -1.41. The van der Waals surface area contributed by atoms with Gasteiger partial charge in [-0.25, -0.2) is 0 Å². The molecule has 1 fully saturated rings. The maximum atomic E-state index is 2.36. The Kier molecular flexibility index (Phi) is 4.31. The van der Waals surface area contributed by atoms with Crippen molar-refractivity contribution >= 4 is 22.3 Å². The van der Waals surface area contributed by atoms with Gasteiger partial charge in [0.2, 0.25) is 0 Å². The molecule has 1 aliphatic heterocycles. The van der Waals surface area contributed by atoms with Crippen LogP contribution in [0.3, 0.4) is 0 Å². The first-order valence-electron chi connectivity index (χ1n) is 7.48. The summed E-state index contributed by atoms with van der Waals surface area (Å²) >= 11 is 0. The Morgan fingerprint density at radius 1 is 0.850 bits per heavy atom. The lowest BCUT2D eigenvalue weighted by Crippen LogP contribution is -2.16. The van der Waals surface area contributed by atoms with E-state index in [0.717, 1.165) is 6.54 Å². The molecule has 1 nitrogen and oxygen atoms in total. The Morgan fingerprint density at radius 2 is 1.45 bits per heavy atom. The van der Waals surface area contributed by atoms with Crippen LogP contribution in [0.1, 0.15) is 19.8 Å². The molecule has 0 atom stereocenters. The Labute approximate surface area is 125 Å². The summed E-state index contributed by atoms with van der Waals surface area (Å²) in [5.41, 5.74) is 2.57. The summed E-state index contributed by atoms with van der Waals surface area (Å²) in [7, 11) is 0.523. The van der Waals surface area contributed by atoms with Gasteiger partial charge in [0, 0.05) is 28.8 Å². The van der Waals surface area contributed by atoms with Gasteiger partial charge in [-0.1, -0.05) is 18.2 Å². The predicted molar refractivity (Wildman–Crippen MR) is 90.2 cm³/mol. The van der Waals surface area contributed by atoms with E-state index in [9.17, 15) is 0 Å². The smallest absolute Gasteiger partial charge is 0.155 e. The molecule has 0 amide bonds. The molecule has 0 N–H and O–H groups in total. The van der Waals surface area contributed by atoms with Gasteiger partial charge in [-0.05, 0) is 56.2 Å². The van der Waals surface area contributed by atoms with E-state index >= 15 is 0 Å². The molecular weight excluding hydrogens is 262 g/mol. The maximum absolute atomic E-state index is 2.36. The molecule has 104 valence electrons. The molecule has 0 unspecified atom stereocenters. The van der Waals surface area contributed by atoms with Gasteiger partial charge in [0.15, 0.2) is 4.90 Å². The van der Waals surface area contributed by atoms with Crippen LogP contribution in [-0.2, 0) is 10.9 Å². The standard InChI is InChI=1S/C18H22NS/c1-2-19(16-8-4-3-5-9-16)17-10-12-18(13-11-17)20-14-6-7-15-20/h3-5,8-13H,2,6-7,14-15H2,1H3/q+1. The summed E-state index contributed by atoms with van der Waals surface area (Å²) in [5, 5.41) is 0. The molecule has 2 aromatic carbocycles. The van der Waals surface area contributed by atoms with Gasteiger partial charge in [0.25, 0.3) is 0 Å². The quantitative estimate of drug-likeness (QED) is 0.741. The largest absolute Gasteiger partial charge is 0.342 e. The first-order valence-corrected chi connectivity index (χ1v) is 9.05. The molecule has 1 saturated heterocycles. The van der Waals surface area contributed by atoms with Gasteiger partial charge in [-0.3, -0.25) is 0 Å². The molecule has 0 bridgehead atoms. The van der Waals surface area contributed by atoms with Crippen LogP contribution in [0, 0.1) is 0 Å². The summed E-state index contributed by atoms with van der Waals surface area (Å²) in [6, 6.07) is 19.9. The molecule has 1 heterocycles. The second-order valence-corrected chi connectivity index (χ2v) is 7.46. The third-order valence-electron chi connectivity index (χ3n) is 3.90. The summed E-state index contributed by atoms with van der Waals surface area (Å²) in [5.74, 6) is 2.80. The van der Waals surface area contributed by atoms with Crippen molar-refractivity contribution in [1.29, 1.82) is 0 Å². The van der Waals surface area contributed by atoms with Crippen LogP contribution in [0.2, 0.25) is 0 Å². The van der Waals surface area contributed by atoms with Crippen LogP contribution >= 0.6 is 0 Å². The van der Waals surface area contributed by atoms with Gasteiger partial charge in [0.1, 0.15) is 11.5 Å². The van der Waals surface area contributed by atoms with Crippen molar-refractivity contribution in [3.05, 3.63) is 54.6 Å². The van der Waals surface area contributed by atoms with Gasteiger partial charge in [-0.2, -0.15) is 0 Å². The highest BCUT2D eigenvalue weighted by Gasteiger charge is 2.26. The van der Waals surface area contributed by atoms with Crippen LogP contribution < -0.4 is 4.90 Å². The molecule has 0 aromatic heterocycles. The lowest BCUT2D eigenvalue weighted by atomic mass is 10.2. The van der Waals surface area contributed by atoms with E-state index in [0.29, 0.717) is 10.9 Å². The maximum Gasteiger partial charge on any atom is 0.155 e. The second-order valence-electron chi connectivity index (χ2n) is 5.18. The fourth-order valence-corrected chi connectivity index (χ4v) is 5.13. The minimum Gasteiger partial charge on any atom is -0.342 e. The molecule has 1 aliphatic rings. The molecule has 0 spiro atoms. The highest BCUT2D eigenvalue weighted by molar-refractivity contribution is 7.97. The third kappa shape index (κ3) is 2.85. The number of nitrogens with zero attached hydrogens (tertiary/aromatic N) is 1. The predicted octanol–water partition coefficient (Wildman–Crippen LogP) is 4.62. The minimum atomic E-state index is 0.523. The number of hydrogen-bond acceptors (Lipinski definition) is 1. The average molecular weight is 284 g/mol. The van der Waals surface area contributed by atoms with E-state index in [2.05, 4.69) is 66.4 Å². The van der Waals surface area contributed by atoms with Crippen LogP contribution in [0.5, 0.6) is 0 Å². The zero-order valence-corrected chi connectivity index (χ0v) is 12.9.